The molecule has 0 fully saturated rings. The normalized spacial score (nSPS) is 10.9. The van der Waals surface area contributed by atoms with Crippen LogP contribution in [-0.2, 0) is 0 Å². The van der Waals surface area contributed by atoms with E-state index in [1.807, 2.05) is 18.2 Å². The molecule has 0 spiro atoms. The van der Waals surface area contributed by atoms with Crippen molar-refractivity contribution in [2.24, 2.45) is 0 Å². The number of rotatable bonds is 1. The number of carbonyl (C=O) groups is 1. The van der Waals surface area contributed by atoms with E-state index in [9.17, 15) is 4.79 Å². The summed E-state index contributed by atoms with van der Waals surface area (Å²) in [5.41, 5.74) is 0.765. The van der Waals surface area contributed by atoms with E-state index in [-0.39, 0.29) is 31.0 Å². The van der Waals surface area contributed by atoms with E-state index in [1.165, 1.54) is 26.9 Å². The maximum absolute atomic E-state index is 11.2. The first kappa shape index (κ1) is 12.6. The fourth-order valence-electron chi connectivity index (χ4n) is 2.86. The van der Waals surface area contributed by atoms with Gasteiger partial charge in [0.2, 0.25) is 0 Å². The Balaban J connectivity index is 0.000000735. The van der Waals surface area contributed by atoms with Gasteiger partial charge in [0.1, 0.15) is 0 Å². The molecule has 0 saturated heterocycles. The van der Waals surface area contributed by atoms with Gasteiger partial charge in [-0.1, -0.05) is 54.6 Å². The fourth-order valence-corrected chi connectivity index (χ4v) is 2.86. The summed E-state index contributed by atoms with van der Waals surface area (Å²) >= 11 is 0. The van der Waals surface area contributed by atoms with Crippen LogP contribution in [0.2, 0.25) is 0 Å². The molecule has 86 valence electrons. The second-order valence-electron chi connectivity index (χ2n) is 4.63. The summed E-state index contributed by atoms with van der Waals surface area (Å²) in [6, 6.07) is 18.6. The molecule has 0 unspecified atom stereocenters. The van der Waals surface area contributed by atoms with E-state index >= 15 is 0 Å². The van der Waals surface area contributed by atoms with Crippen LogP contribution in [0.1, 0.15) is 11.8 Å². The van der Waals surface area contributed by atoms with Gasteiger partial charge in [-0.3, -0.25) is 4.79 Å². The van der Waals surface area contributed by atoms with Crippen molar-refractivity contribution in [2.45, 2.75) is 0 Å². The van der Waals surface area contributed by atoms with Gasteiger partial charge in [-0.2, -0.15) is 0 Å². The second-order valence-corrected chi connectivity index (χ2v) is 4.63. The third-order valence-corrected chi connectivity index (χ3v) is 3.69. The molecule has 0 aliphatic carbocycles. The fraction of sp³-hybridized carbons (Fsp3) is 0. The molecule has 0 radical (unpaired) electrons. The quantitative estimate of drug-likeness (QED) is 0.286. The zero-order chi connectivity index (χ0) is 12.1. The molecule has 0 atom stereocenters. The van der Waals surface area contributed by atoms with Crippen LogP contribution in [-0.4, -0.2) is 6.29 Å². The summed E-state index contributed by atoms with van der Waals surface area (Å²) in [4.78, 5) is 11.2. The van der Waals surface area contributed by atoms with Crippen LogP contribution < -0.4 is 29.6 Å². The summed E-state index contributed by atoms with van der Waals surface area (Å²) in [6.07, 6.45) is 0.936. The zero-order valence-electron chi connectivity index (χ0n) is 11.7. The Kier molecular flexibility index (Phi) is 3.06. The van der Waals surface area contributed by atoms with Crippen LogP contribution in [0.15, 0.2) is 54.6 Å². The number of hydrogen-bond acceptors (Lipinski definition) is 1. The van der Waals surface area contributed by atoms with Crippen LogP contribution in [0.4, 0.5) is 0 Å². The van der Waals surface area contributed by atoms with Gasteiger partial charge in [0, 0.05) is 5.56 Å². The maximum Gasteiger partial charge on any atom is 1.00 e. The average molecular weight is 254 g/mol. The summed E-state index contributed by atoms with van der Waals surface area (Å²) in [7, 11) is 0. The predicted octanol–water partition coefficient (Wildman–Crippen LogP) is 1.51. The number of benzene rings is 4. The molecule has 0 aliphatic rings. The minimum atomic E-state index is 0. The smallest absolute Gasteiger partial charge is 1.00 e. The summed E-state index contributed by atoms with van der Waals surface area (Å²) in [5.74, 6) is 0. The molecule has 0 amide bonds. The van der Waals surface area contributed by atoms with Crippen molar-refractivity contribution in [3.05, 3.63) is 60.2 Å². The van der Waals surface area contributed by atoms with Crippen molar-refractivity contribution >= 4 is 38.6 Å². The summed E-state index contributed by atoms with van der Waals surface area (Å²) in [5, 5.41) is 7.17. The summed E-state index contributed by atoms with van der Waals surface area (Å²) < 4.78 is 0. The molecule has 2 heteroatoms. The standard InChI is InChI=1S/C17H10O.Na.H/c18-10-14-7-6-13-5-4-11-2-1-3-12-8-9-15(14)17(13)16(11)12;;/h1-10H;;/q;+1;-1. The van der Waals surface area contributed by atoms with Crippen LogP contribution >= 0.6 is 0 Å². The van der Waals surface area contributed by atoms with Crippen LogP contribution in [0.5, 0.6) is 0 Å². The van der Waals surface area contributed by atoms with E-state index in [0.717, 1.165) is 17.2 Å². The van der Waals surface area contributed by atoms with Gasteiger partial charge in [-0.05, 0) is 32.3 Å². The molecule has 4 aromatic carbocycles. The molecule has 0 aromatic heterocycles. The average Bonchev–Trinajstić information content (AvgIpc) is 2.44. The van der Waals surface area contributed by atoms with Crippen molar-refractivity contribution in [1.29, 1.82) is 0 Å². The van der Waals surface area contributed by atoms with Crippen LogP contribution in [0.25, 0.3) is 32.3 Å². The third kappa shape index (κ3) is 1.70. The Morgan fingerprint density at radius 2 is 1.32 bits per heavy atom. The van der Waals surface area contributed by atoms with Crippen molar-refractivity contribution in [3.8, 4) is 0 Å². The Morgan fingerprint density at radius 3 is 2.00 bits per heavy atom. The van der Waals surface area contributed by atoms with E-state index in [4.69, 9.17) is 0 Å². The van der Waals surface area contributed by atoms with Gasteiger partial charge < -0.3 is 1.43 Å². The topological polar surface area (TPSA) is 17.1 Å². The van der Waals surface area contributed by atoms with Gasteiger partial charge in [-0.25, -0.2) is 0 Å². The van der Waals surface area contributed by atoms with E-state index in [1.54, 1.807) is 0 Å². The second kappa shape index (κ2) is 4.61. The largest absolute Gasteiger partial charge is 1.00 e. The van der Waals surface area contributed by atoms with Gasteiger partial charge in [-0.15, -0.1) is 0 Å². The monoisotopic (exact) mass is 254 g/mol. The Hall–Kier alpha value is -1.41. The van der Waals surface area contributed by atoms with Crippen molar-refractivity contribution < 1.29 is 35.8 Å². The van der Waals surface area contributed by atoms with Gasteiger partial charge in [0.05, 0.1) is 0 Å². The van der Waals surface area contributed by atoms with Crippen LogP contribution in [0.3, 0.4) is 0 Å². The Morgan fingerprint density at radius 1 is 0.737 bits per heavy atom. The first-order valence-electron chi connectivity index (χ1n) is 6.00. The number of carbonyl (C=O) groups excluding carboxylic acids is 1. The van der Waals surface area contributed by atoms with Gasteiger partial charge in [0.15, 0.2) is 6.29 Å². The van der Waals surface area contributed by atoms with E-state index < -0.39 is 0 Å². The first-order chi connectivity index (χ1) is 8.88. The van der Waals surface area contributed by atoms with Crippen LogP contribution in [0, 0.1) is 0 Å². The molecule has 0 aliphatic heterocycles. The molecule has 4 aromatic rings. The molecule has 19 heavy (non-hydrogen) atoms. The maximum atomic E-state index is 11.2. The van der Waals surface area contributed by atoms with Crippen molar-refractivity contribution in [3.63, 3.8) is 0 Å². The molecule has 0 saturated carbocycles. The SMILES string of the molecule is O=Cc1ccc2ccc3cccc4ccc1c2c34.[H-].[Na+]. The number of aldehydes is 1. The molecule has 0 heterocycles. The van der Waals surface area contributed by atoms with Crippen molar-refractivity contribution in [1.82, 2.24) is 0 Å². The molecule has 0 N–H and O–H groups in total. The summed E-state index contributed by atoms with van der Waals surface area (Å²) in [6.45, 7) is 0. The Bertz CT molecular complexity index is 885. The van der Waals surface area contributed by atoms with Crippen molar-refractivity contribution in [2.75, 3.05) is 0 Å². The zero-order valence-corrected chi connectivity index (χ0v) is 12.7. The van der Waals surface area contributed by atoms with E-state index in [0.29, 0.717) is 0 Å². The third-order valence-electron chi connectivity index (χ3n) is 3.69. The molecule has 4 rings (SSSR count). The minimum Gasteiger partial charge on any atom is -1.00 e. The number of hydrogen-bond donors (Lipinski definition) is 0. The molecule has 1 nitrogen and oxygen atoms in total. The molecule has 0 bridgehead atoms. The Labute approximate surface area is 134 Å². The molecular formula is C17H11NaO. The minimum absolute atomic E-state index is 0. The first-order valence-corrected chi connectivity index (χ1v) is 6.00. The molecular weight excluding hydrogens is 243 g/mol. The van der Waals surface area contributed by atoms with Gasteiger partial charge >= 0.3 is 29.6 Å². The predicted molar refractivity (Wildman–Crippen MR) is 76.6 cm³/mol. The van der Waals surface area contributed by atoms with Gasteiger partial charge in [0.25, 0.3) is 0 Å². The van der Waals surface area contributed by atoms with E-state index in [2.05, 4.69) is 36.4 Å².